The van der Waals surface area contributed by atoms with E-state index in [1.807, 2.05) is 0 Å². The van der Waals surface area contributed by atoms with E-state index < -0.39 is 10.0 Å². The van der Waals surface area contributed by atoms with Gasteiger partial charge in [-0.2, -0.15) is 0 Å². The SMILES string of the molecule is CCCCOc1ccccc1C(=O)Nc1ccc(S(=O)(=O)Nc2nccnc2OC)cc1. The Hall–Kier alpha value is -3.66. The third-order valence-corrected chi connectivity index (χ3v) is 5.75. The van der Waals surface area contributed by atoms with E-state index in [1.165, 1.54) is 43.8 Å². The number of carbonyl (C=O) groups excluding carboxylic acids is 1. The summed E-state index contributed by atoms with van der Waals surface area (Å²) in [5.74, 6) is 0.182. The van der Waals surface area contributed by atoms with Crippen molar-refractivity contribution < 1.29 is 22.7 Å². The molecule has 0 saturated carbocycles. The summed E-state index contributed by atoms with van der Waals surface area (Å²) >= 11 is 0. The first-order valence-electron chi connectivity index (χ1n) is 9.95. The van der Waals surface area contributed by atoms with Gasteiger partial charge in [0.2, 0.25) is 5.82 Å². The van der Waals surface area contributed by atoms with Gasteiger partial charge < -0.3 is 14.8 Å². The van der Waals surface area contributed by atoms with Gasteiger partial charge in [-0.1, -0.05) is 25.5 Å². The highest BCUT2D eigenvalue weighted by Crippen LogP contribution is 2.23. The molecule has 1 aromatic heterocycles. The lowest BCUT2D eigenvalue weighted by Gasteiger charge is -2.12. The van der Waals surface area contributed by atoms with E-state index >= 15 is 0 Å². The largest absolute Gasteiger partial charge is 0.493 e. The molecule has 1 amide bonds. The number of carbonyl (C=O) groups is 1. The van der Waals surface area contributed by atoms with Crippen LogP contribution in [0.4, 0.5) is 11.5 Å². The standard InChI is InChI=1S/C22H24N4O5S/c1-3-4-15-31-19-8-6-5-7-18(19)21(27)25-16-9-11-17(12-10-16)32(28,29)26-20-22(30-2)24-14-13-23-20/h5-14H,3-4,15H2,1-2H3,(H,23,26)(H,25,27). The zero-order valence-corrected chi connectivity index (χ0v) is 18.6. The highest BCUT2D eigenvalue weighted by molar-refractivity contribution is 7.92. The number of anilines is 2. The summed E-state index contributed by atoms with van der Waals surface area (Å²) in [5.41, 5.74) is 0.839. The fourth-order valence-corrected chi connectivity index (χ4v) is 3.76. The molecule has 0 spiro atoms. The molecule has 0 aliphatic carbocycles. The molecule has 3 aromatic rings. The first-order valence-corrected chi connectivity index (χ1v) is 11.4. The van der Waals surface area contributed by atoms with Gasteiger partial charge in [0.15, 0.2) is 0 Å². The predicted molar refractivity (Wildman–Crippen MR) is 121 cm³/mol. The number of unbranched alkanes of at least 4 members (excludes halogenated alkanes) is 1. The van der Waals surface area contributed by atoms with Crippen molar-refractivity contribution >= 4 is 27.4 Å². The summed E-state index contributed by atoms with van der Waals surface area (Å²) in [6.07, 6.45) is 4.62. The van der Waals surface area contributed by atoms with Crippen LogP contribution in [0, 0.1) is 0 Å². The summed E-state index contributed by atoms with van der Waals surface area (Å²) in [5, 5.41) is 2.76. The second-order valence-electron chi connectivity index (χ2n) is 6.70. The molecular weight excluding hydrogens is 432 g/mol. The maximum atomic E-state index is 12.7. The van der Waals surface area contributed by atoms with Crippen LogP contribution in [0.5, 0.6) is 11.6 Å². The predicted octanol–water partition coefficient (Wildman–Crippen LogP) is 3.72. The Bertz CT molecular complexity index is 1170. The lowest BCUT2D eigenvalue weighted by atomic mass is 10.2. The van der Waals surface area contributed by atoms with Gasteiger partial charge in [0.1, 0.15) is 5.75 Å². The number of benzene rings is 2. The quantitative estimate of drug-likeness (QED) is 0.446. The van der Waals surface area contributed by atoms with E-state index in [0.717, 1.165) is 12.8 Å². The zero-order valence-electron chi connectivity index (χ0n) is 17.7. The van der Waals surface area contributed by atoms with Crippen LogP contribution in [0.25, 0.3) is 0 Å². The van der Waals surface area contributed by atoms with Gasteiger partial charge in [-0.05, 0) is 42.8 Å². The average molecular weight is 457 g/mol. The van der Waals surface area contributed by atoms with Crippen molar-refractivity contribution in [1.29, 1.82) is 0 Å². The molecule has 0 radical (unpaired) electrons. The number of methoxy groups -OCH3 is 1. The summed E-state index contributed by atoms with van der Waals surface area (Å²) < 4.78 is 38.4. The minimum atomic E-state index is -3.93. The van der Waals surface area contributed by atoms with Crippen LogP contribution in [0.15, 0.2) is 65.8 Å². The molecule has 0 fully saturated rings. The molecule has 0 atom stereocenters. The number of hydrogen-bond donors (Lipinski definition) is 2. The average Bonchev–Trinajstić information content (AvgIpc) is 2.80. The zero-order chi connectivity index (χ0) is 23.0. The fourth-order valence-electron chi connectivity index (χ4n) is 2.75. The number of ether oxygens (including phenoxy) is 2. The fraction of sp³-hybridized carbons (Fsp3) is 0.227. The number of nitrogens with one attached hydrogen (secondary N) is 2. The van der Waals surface area contributed by atoms with Crippen molar-refractivity contribution in [2.75, 3.05) is 23.8 Å². The Morgan fingerprint density at radius 1 is 1.03 bits per heavy atom. The molecule has 168 valence electrons. The van der Waals surface area contributed by atoms with Gasteiger partial charge in [0.05, 0.1) is 24.2 Å². The minimum absolute atomic E-state index is 0.00787. The van der Waals surface area contributed by atoms with Gasteiger partial charge in [-0.15, -0.1) is 0 Å². The van der Waals surface area contributed by atoms with Gasteiger partial charge in [-0.25, -0.2) is 18.4 Å². The Morgan fingerprint density at radius 2 is 1.75 bits per heavy atom. The van der Waals surface area contributed by atoms with Crippen molar-refractivity contribution in [2.24, 2.45) is 0 Å². The van der Waals surface area contributed by atoms with E-state index in [1.54, 1.807) is 24.3 Å². The second-order valence-corrected chi connectivity index (χ2v) is 8.38. The van der Waals surface area contributed by atoms with Crippen LogP contribution < -0.4 is 19.5 Å². The van der Waals surface area contributed by atoms with Crippen LogP contribution in [-0.2, 0) is 10.0 Å². The molecule has 0 saturated heterocycles. The van der Waals surface area contributed by atoms with Crippen molar-refractivity contribution in [3.05, 3.63) is 66.5 Å². The molecule has 9 nitrogen and oxygen atoms in total. The summed E-state index contributed by atoms with van der Waals surface area (Å²) in [4.78, 5) is 20.6. The highest BCUT2D eigenvalue weighted by Gasteiger charge is 2.18. The number of nitrogens with zero attached hydrogens (tertiary/aromatic N) is 2. The molecule has 0 aliphatic heterocycles. The topological polar surface area (TPSA) is 120 Å². The van der Waals surface area contributed by atoms with Crippen molar-refractivity contribution in [3.63, 3.8) is 0 Å². The summed E-state index contributed by atoms with van der Waals surface area (Å²) in [6.45, 7) is 2.59. The van der Waals surface area contributed by atoms with Gasteiger partial charge in [-0.3, -0.25) is 9.52 Å². The molecule has 0 unspecified atom stereocenters. The normalized spacial score (nSPS) is 10.9. The van der Waals surface area contributed by atoms with Crippen LogP contribution in [-0.4, -0.2) is 38.0 Å². The van der Waals surface area contributed by atoms with Crippen LogP contribution >= 0.6 is 0 Å². The molecule has 10 heteroatoms. The summed E-state index contributed by atoms with van der Waals surface area (Å²) in [6, 6.07) is 12.7. The van der Waals surface area contributed by atoms with Crippen LogP contribution in [0.1, 0.15) is 30.1 Å². The molecule has 32 heavy (non-hydrogen) atoms. The molecule has 0 bridgehead atoms. The lowest BCUT2D eigenvalue weighted by Crippen LogP contribution is -2.16. The van der Waals surface area contributed by atoms with E-state index in [2.05, 4.69) is 26.9 Å². The number of amides is 1. The number of aromatic nitrogens is 2. The number of para-hydroxylation sites is 1. The maximum Gasteiger partial charge on any atom is 0.263 e. The Labute approximate surface area is 186 Å². The lowest BCUT2D eigenvalue weighted by molar-refractivity contribution is 0.102. The number of sulfonamides is 1. The molecule has 0 aliphatic rings. The van der Waals surface area contributed by atoms with E-state index in [0.29, 0.717) is 23.6 Å². The minimum Gasteiger partial charge on any atom is -0.493 e. The third-order valence-electron chi connectivity index (χ3n) is 4.40. The van der Waals surface area contributed by atoms with Gasteiger partial charge in [0, 0.05) is 18.1 Å². The number of rotatable bonds is 10. The van der Waals surface area contributed by atoms with Crippen LogP contribution in [0.3, 0.4) is 0 Å². The van der Waals surface area contributed by atoms with Gasteiger partial charge >= 0.3 is 0 Å². The van der Waals surface area contributed by atoms with Crippen molar-refractivity contribution in [1.82, 2.24) is 9.97 Å². The first-order chi connectivity index (χ1) is 15.4. The Kier molecular flexibility index (Phi) is 7.61. The van der Waals surface area contributed by atoms with E-state index in [9.17, 15) is 13.2 Å². The monoisotopic (exact) mass is 456 g/mol. The smallest absolute Gasteiger partial charge is 0.263 e. The molecule has 2 N–H and O–H groups in total. The van der Waals surface area contributed by atoms with Crippen molar-refractivity contribution in [3.8, 4) is 11.6 Å². The molecule has 1 heterocycles. The Balaban J connectivity index is 1.71. The van der Waals surface area contributed by atoms with E-state index in [4.69, 9.17) is 9.47 Å². The van der Waals surface area contributed by atoms with Crippen molar-refractivity contribution in [2.45, 2.75) is 24.7 Å². The third kappa shape index (κ3) is 5.73. The molecule has 2 aromatic carbocycles. The Morgan fingerprint density at radius 3 is 2.47 bits per heavy atom. The van der Waals surface area contributed by atoms with Gasteiger partial charge in [0.25, 0.3) is 21.8 Å². The molecule has 3 rings (SSSR count). The van der Waals surface area contributed by atoms with E-state index in [-0.39, 0.29) is 22.5 Å². The van der Waals surface area contributed by atoms with Crippen LogP contribution in [0.2, 0.25) is 0 Å². The number of hydrogen-bond acceptors (Lipinski definition) is 7. The maximum absolute atomic E-state index is 12.7. The first kappa shape index (κ1) is 23.0. The summed E-state index contributed by atoms with van der Waals surface area (Å²) in [7, 11) is -2.56. The second kappa shape index (κ2) is 10.6. The molecular formula is C22H24N4O5S. The highest BCUT2D eigenvalue weighted by atomic mass is 32.2.